The highest BCUT2D eigenvalue weighted by Gasteiger charge is 2.22. The van der Waals surface area contributed by atoms with Gasteiger partial charge < -0.3 is 19.8 Å². The van der Waals surface area contributed by atoms with Gasteiger partial charge in [-0.1, -0.05) is 30.3 Å². The minimum absolute atomic E-state index is 0.280. The molecule has 0 saturated heterocycles. The molecule has 0 aliphatic rings. The van der Waals surface area contributed by atoms with Crippen LogP contribution in [0.4, 0.5) is 0 Å². The molecule has 0 radical (unpaired) electrons. The van der Waals surface area contributed by atoms with Crippen LogP contribution in [0.1, 0.15) is 18.1 Å². The van der Waals surface area contributed by atoms with Crippen LogP contribution in [0.25, 0.3) is 10.9 Å². The van der Waals surface area contributed by atoms with E-state index < -0.39 is 12.0 Å². The zero-order valence-electron chi connectivity index (χ0n) is 15.3. The number of hydrogen-bond donors (Lipinski definition) is 2. The van der Waals surface area contributed by atoms with Crippen LogP contribution in [0, 0.1) is 0 Å². The van der Waals surface area contributed by atoms with E-state index in [9.17, 15) is 9.59 Å². The summed E-state index contributed by atoms with van der Waals surface area (Å²) in [6, 6.07) is 15.0. The van der Waals surface area contributed by atoms with Crippen molar-refractivity contribution in [1.29, 1.82) is 0 Å². The van der Waals surface area contributed by atoms with Gasteiger partial charge in [0.05, 0.1) is 7.11 Å². The van der Waals surface area contributed by atoms with Crippen molar-refractivity contribution in [2.75, 3.05) is 7.11 Å². The van der Waals surface area contributed by atoms with E-state index in [0.717, 1.165) is 27.8 Å². The van der Waals surface area contributed by atoms with Gasteiger partial charge in [0.25, 0.3) is 0 Å². The molecule has 0 spiro atoms. The Morgan fingerprint density at radius 2 is 1.93 bits per heavy atom. The number of nitrogens with one attached hydrogen (secondary N) is 2. The Balaban J connectivity index is 1.79. The van der Waals surface area contributed by atoms with Crippen molar-refractivity contribution in [3.8, 4) is 5.75 Å². The average molecular weight is 366 g/mol. The quantitative estimate of drug-likeness (QED) is 0.630. The van der Waals surface area contributed by atoms with Gasteiger partial charge in [-0.05, 0) is 29.3 Å². The molecule has 6 heteroatoms. The Bertz CT molecular complexity index is 934. The summed E-state index contributed by atoms with van der Waals surface area (Å²) >= 11 is 0. The zero-order valence-corrected chi connectivity index (χ0v) is 15.3. The number of rotatable bonds is 7. The molecule has 1 amide bonds. The Morgan fingerprint density at radius 1 is 1.15 bits per heavy atom. The second kappa shape index (κ2) is 8.40. The molecule has 3 aromatic rings. The van der Waals surface area contributed by atoms with Gasteiger partial charge in [-0.2, -0.15) is 0 Å². The maximum Gasteiger partial charge on any atom is 0.328 e. The van der Waals surface area contributed by atoms with Gasteiger partial charge in [0, 0.05) is 30.4 Å². The molecule has 0 aliphatic carbocycles. The van der Waals surface area contributed by atoms with E-state index in [1.807, 2.05) is 54.7 Å². The van der Waals surface area contributed by atoms with Gasteiger partial charge >= 0.3 is 5.97 Å². The third-order valence-corrected chi connectivity index (χ3v) is 4.27. The first kappa shape index (κ1) is 18.5. The second-order valence-electron chi connectivity index (χ2n) is 6.28. The molecular weight excluding hydrogens is 344 g/mol. The molecule has 0 aliphatic heterocycles. The first-order chi connectivity index (χ1) is 13.1. The van der Waals surface area contributed by atoms with Gasteiger partial charge in [0.15, 0.2) is 0 Å². The number of aromatic nitrogens is 1. The van der Waals surface area contributed by atoms with Gasteiger partial charge in [0.2, 0.25) is 5.91 Å². The lowest BCUT2D eigenvalue weighted by Crippen LogP contribution is -2.41. The SMILES string of the molecule is COC(=O)C(Cc1c[nH]c2ccc(OCc3ccccc3)cc12)NC(C)=O. The zero-order chi connectivity index (χ0) is 19.2. The Labute approximate surface area is 157 Å². The van der Waals surface area contributed by atoms with E-state index in [1.165, 1.54) is 14.0 Å². The monoisotopic (exact) mass is 366 g/mol. The lowest BCUT2D eigenvalue weighted by Gasteiger charge is -2.15. The van der Waals surface area contributed by atoms with Crippen LogP contribution in [-0.4, -0.2) is 30.0 Å². The summed E-state index contributed by atoms with van der Waals surface area (Å²) in [4.78, 5) is 26.5. The predicted molar refractivity (Wildman–Crippen MR) is 102 cm³/mol. The van der Waals surface area contributed by atoms with Crippen molar-refractivity contribution in [2.45, 2.75) is 26.0 Å². The number of esters is 1. The van der Waals surface area contributed by atoms with Crippen LogP contribution in [0.5, 0.6) is 5.75 Å². The Kier molecular flexibility index (Phi) is 5.76. The van der Waals surface area contributed by atoms with Crippen LogP contribution in [-0.2, 0) is 27.4 Å². The predicted octanol–water partition coefficient (Wildman–Crippen LogP) is 2.97. The molecule has 1 atom stereocenters. The fourth-order valence-corrected chi connectivity index (χ4v) is 2.96. The molecule has 140 valence electrons. The lowest BCUT2D eigenvalue weighted by atomic mass is 10.0. The highest BCUT2D eigenvalue weighted by Crippen LogP contribution is 2.25. The molecule has 0 fully saturated rings. The van der Waals surface area contributed by atoms with E-state index in [2.05, 4.69) is 10.3 Å². The highest BCUT2D eigenvalue weighted by molar-refractivity contribution is 5.87. The average Bonchev–Trinajstić information content (AvgIpc) is 3.08. The van der Waals surface area contributed by atoms with Gasteiger partial charge in [-0.15, -0.1) is 0 Å². The van der Waals surface area contributed by atoms with Crippen molar-refractivity contribution >= 4 is 22.8 Å². The maximum absolute atomic E-state index is 12.0. The minimum Gasteiger partial charge on any atom is -0.489 e. The molecule has 27 heavy (non-hydrogen) atoms. The van der Waals surface area contributed by atoms with Crippen molar-refractivity contribution in [2.24, 2.45) is 0 Å². The largest absolute Gasteiger partial charge is 0.489 e. The number of aromatic amines is 1. The van der Waals surface area contributed by atoms with E-state index >= 15 is 0 Å². The van der Waals surface area contributed by atoms with E-state index in [4.69, 9.17) is 9.47 Å². The van der Waals surface area contributed by atoms with Crippen LogP contribution in [0.3, 0.4) is 0 Å². The number of H-pyrrole nitrogens is 1. The Hall–Kier alpha value is -3.28. The number of fused-ring (bicyclic) bond motifs is 1. The molecule has 2 N–H and O–H groups in total. The highest BCUT2D eigenvalue weighted by atomic mass is 16.5. The number of ether oxygens (including phenoxy) is 2. The summed E-state index contributed by atoms with van der Waals surface area (Å²) in [6.45, 7) is 1.85. The third kappa shape index (κ3) is 4.67. The van der Waals surface area contributed by atoms with E-state index in [-0.39, 0.29) is 5.91 Å². The molecule has 1 heterocycles. The van der Waals surface area contributed by atoms with Gasteiger partial charge in [0.1, 0.15) is 18.4 Å². The first-order valence-corrected chi connectivity index (χ1v) is 8.68. The topological polar surface area (TPSA) is 80.4 Å². The number of carbonyl (C=O) groups is 2. The standard InChI is InChI=1S/C21H22N2O4/c1-14(24)23-20(21(25)26-2)10-16-12-22-19-9-8-17(11-18(16)19)27-13-15-6-4-3-5-7-15/h3-9,11-12,20,22H,10,13H2,1-2H3,(H,23,24). The van der Waals surface area contributed by atoms with Crippen molar-refractivity contribution in [1.82, 2.24) is 10.3 Å². The van der Waals surface area contributed by atoms with Crippen LogP contribution in [0.2, 0.25) is 0 Å². The fraction of sp³-hybridized carbons (Fsp3) is 0.238. The summed E-state index contributed by atoms with van der Waals surface area (Å²) in [5.41, 5.74) is 2.92. The number of hydrogen-bond acceptors (Lipinski definition) is 4. The van der Waals surface area contributed by atoms with Gasteiger partial charge in [-0.3, -0.25) is 4.79 Å². The van der Waals surface area contributed by atoms with Gasteiger partial charge in [-0.25, -0.2) is 4.79 Å². The Morgan fingerprint density at radius 3 is 2.63 bits per heavy atom. The lowest BCUT2D eigenvalue weighted by molar-refractivity contribution is -0.144. The summed E-state index contributed by atoms with van der Waals surface area (Å²) in [5.74, 6) is -0.0190. The van der Waals surface area contributed by atoms with Crippen LogP contribution < -0.4 is 10.1 Å². The maximum atomic E-state index is 12.0. The summed E-state index contributed by atoms with van der Waals surface area (Å²) in [6.07, 6.45) is 2.16. The molecule has 1 aromatic heterocycles. The van der Waals surface area contributed by atoms with Crippen molar-refractivity contribution < 1.29 is 19.1 Å². The first-order valence-electron chi connectivity index (χ1n) is 8.68. The molecular formula is C21H22N2O4. The van der Waals surface area contributed by atoms with E-state index in [1.54, 1.807) is 0 Å². The smallest absolute Gasteiger partial charge is 0.328 e. The summed E-state index contributed by atoms with van der Waals surface area (Å²) in [7, 11) is 1.31. The molecule has 0 bridgehead atoms. The second-order valence-corrected chi connectivity index (χ2v) is 6.28. The number of carbonyl (C=O) groups excluding carboxylic acids is 2. The van der Waals surface area contributed by atoms with E-state index in [0.29, 0.717) is 13.0 Å². The van der Waals surface area contributed by atoms with Crippen molar-refractivity contribution in [3.05, 3.63) is 65.9 Å². The summed E-state index contributed by atoms with van der Waals surface area (Å²) in [5, 5.41) is 3.58. The molecule has 2 aromatic carbocycles. The summed E-state index contributed by atoms with van der Waals surface area (Å²) < 4.78 is 10.7. The fourth-order valence-electron chi connectivity index (χ4n) is 2.96. The van der Waals surface area contributed by atoms with Crippen molar-refractivity contribution in [3.63, 3.8) is 0 Å². The minimum atomic E-state index is -0.736. The molecule has 3 rings (SSSR count). The third-order valence-electron chi connectivity index (χ3n) is 4.27. The molecule has 0 saturated carbocycles. The number of amides is 1. The van der Waals surface area contributed by atoms with Crippen LogP contribution in [0.15, 0.2) is 54.7 Å². The molecule has 6 nitrogen and oxygen atoms in total. The normalized spacial score (nSPS) is 11.8. The van der Waals surface area contributed by atoms with Crippen LogP contribution >= 0.6 is 0 Å². The molecule has 1 unspecified atom stereocenters. The number of methoxy groups -OCH3 is 1. The number of benzene rings is 2.